The van der Waals surface area contributed by atoms with Crippen molar-refractivity contribution in [1.82, 2.24) is 0 Å². The van der Waals surface area contributed by atoms with E-state index in [-0.39, 0.29) is 0 Å². The van der Waals surface area contributed by atoms with Crippen LogP contribution in [0.5, 0.6) is 11.5 Å². The first-order valence-electron chi connectivity index (χ1n) is 7.85. The normalized spacial score (nSPS) is 30.1. The Labute approximate surface area is 132 Å². The first-order chi connectivity index (χ1) is 10.2. The number of fused-ring (bicyclic) bond motifs is 3. The quantitative estimate of drug-likeness (QED) is 0.613. The highest BCUT2D eigenvalue weighted by Crippen LogP contribution is 2.52. The van der Waals surface area contributed by atoms with Gasteiger partial charge in [0.05, 0.1) is 39.8 Å². The monoisotopic (exact) mass is 310 g/mol. The van der Waals surface area contributed by atoms with Gasteiger partial charge in [0.15, 0.2) is 11.5 Å². The second kappa shape index (κ2) is 5.69. The topological polar surface area (TPSA) is 18.5 Å². The van der Waals surface area contributed by atoms with Gasteiger partial charge in [0.25, 0.3) is 0 Å². The third kappa shape index (κ3) is 2.22. The van der Waals surface area contributed by atoms with Gasteiger partial charge < -0.3 is 14.0 Å². The molecule has 2 heterocycles. The first kappa shape index (κ1) is 15.0. The summed E-state index contributed by atoms with van der Waals surface area (Å²) in [4.78, 5) is 0. The smallest absolute Gasteiger partial charge is 0.161 e. The summed E-state index contributed by atoms with van der Waals surface area (Å²) >= 11 is 6.22. The lowest BCUT2D eigenvalue weighted by Crippen LogP contribution is -2.68. The molecule has 0 spiro atoms. The van der Waals surface area contributed by atoms with Crippen molar-refractivity contribution >= 4 is 11.6 Å². The predicted molar refractivity (Wildman–Crippen MR) is 85.4 cm³/mol. The minimum absolute atomic E-state index is 0.547. The Morgan fingerprint density at radius 2 is 1.95 bits per heavy atom. The molecule has 3 nitrogen and oxygen atoms in total. The molecule has 1 unspecified atom stereocenters. The van der Waals surface area contributed by atoms with Crippen molar-refractivity contribution in [3.05, 3.63) is 23.3 Å². The van der Waals surface area contributed by atoms with Gasteiger partial charge in [-0.25, -0.2) is 0 Å². The van der Waals surface area contributed by atoms with Crippen LogP contribution in [0.15, 0.2) is 12.1 Å². The molecule has 1 aromatic rings. The number of halogens is 1. The van der Waals surface area contributed by atoms with Crippen molar-refractivity contribution in [3.8, 4) is 11.5 Å². The van der Waals surface area contributed by atoms with Crippen LogP contribution in [0.1, 0.15) is 30.5 Å². The van der Waals surface area contributed by atoms with Crippen molar-refractivity contribution in [2.75, 3.05) is 39.7 Å². The fourth-order valence-corrected chi connectivity index (χ4v) is 4.73. The summed E-state index contributed by atoms with van der Waals surface area (Å²) in [7, 11) is 3.41. The number of hydrogen-bond donors (Lipinski definition) is 0. The second-order valence-electron chi connectivity index (χ2n) is 6.36. The van der Waals surface area contributed by atoms with Gasteiger partial charge in [-0.2, -0.15) is 0 Å². The Morgan fingerprint density at radius 3 is 2.57 bits per heavy atom. The summed E-state index contributed by atoms with van der Waals surface area (Å²) in [5.74, 6) is 3.03. The average Bonchev–Trinajstić information content (AvgIpc) is 2.49. The highest BCUT2D eigenvalue weighted by Gasteiger charge is 2.56. The summed E-state index contributed by atoms with van der Waals surface area (Å²) in [6, 6.07) is 4.91. The SMILES string of the molecule is CCC[N+]12CCc3cc(OC)c(OC)cc3[C@H]1[C@H](CCl)C2. The van der Waals surface area contributed by atoms with Crippen molar-refractivity contribution in [1.29, 1.82) is 0 Å². The fraction of sp³-hybridized carbons (Fsp3) is 0.647. The molecule has 1 fully saturated rings. The second-order valence-corrected chi connectivity index (χ2v) is 6.67. The van der Waals surface area contributed by atoms with Crippen LogP contribution in [0.2, 0.25) is 0 Å². The largest absolute Gasteiger partial charge is 0.493 e. The third-order valence-electron chi connectivity index (χ3n) is 5.29. The molecule has 0 radical (unpaired) electrons. The Kier molecular flexibility index (Phi) is 4.06. The zero-order valence-corrected chi connectivity index (χ0v) is 13.9. The number of alkyl halides is 1. The Bertz CT molecular complexity index is 534. The van der Waals surface area contributed by atoms with Crippen LogP contribution in [-0.4, -0.2) is 44.2 Å². The van der Waals surface area contributed by atoms with Gasteiger partial charge in [-0.1, -0.05) is 6.92 Å². The van der Waals surface area contributed by atoms with E-state index in [1.165, 1.54) is 41.7 Å². The van der Waals surface area contributed by atoms with Crippen LogP contribution in [0.3, 0.4) is 0 Å². The molecule has 0 N–H and O–H groups in total. The van der Waals surface area contributed by atoms with Gasteiger partial charge in [-0.3, -0.25) is 0 Å². The fourth-order valence-electron chi connectivity index (χ4n) is 4.46. The van der Waals surface area contributed by atoms with Gasteiger partial charge in [0.2, 0.25) is 0 Å². The molecule has 0 aromatic heterocycles. The standard InChI is InChI=1S/C17H25ClNO2/c1-4-6-19-7-5-12-8-15(20-2)16(21-3)9-14(12)17(19)13(10-18)11-19/h8-9,13,17H,4-7,10-11H2,1-3H3/q+1/t13-,17-,19?/m1/s1. The Balaban J connectivity index is 2.03. The Hall–Kier alpha value is -0.930. The van der Waals surface area contributed by atoms with E-state index in [0.717, 1.165) is 23.8 Å². The Morgan fingerprint density at radius 1 is 1.24 bits per heavy atom. The maximum Gasteiger partial charge on any atom is 0.161 e. The number of nitrogens with zero attached hydrogens (tertiary/aromatic N) is 1. The minimum Gasteiger partial charge on any atom is -0.493 e. The third-order valence-corrected chi connectivity index (χ3v) is 5.69. The summed E-state index contributed by atoms with van der Waals surface area (Å²) in [6.07, 6.45) is 2.36. The van der Waals surface area contributed by atoms with Crippen molar-refractivity contribution in [3.63, 3.8) is 0 Å². The summed E-state index contributed by atoms with van der Waals surface area (Å²) < 4.78 is 12.2. The molecular weight excluding hydrogens is 286 g/mol. The summed E-state index contributed by atoms with van der Waals surface area (Å²) in [6.45, 7) is 6.00. The zero-order valence-electron chi connectivity index (χ0n) is 13.2. The number of hydrogen-bond acceptors (Lipinski definition) is 2. The molecule has 21 heavy (non-hydrogen) atoms. The first-order valence-corrected chi connectivity index (χ1v) is 8.39. The van der Waals surface area contributed by atoms with Crippen LogP contribution in [-0.2, 0) is 6.42 Å². The molecule has 0 aliphatic carbocycles. The molecule has 3 rings (SSSR count). The molecule has 4 heteroatoms. The molecule has 3 atom stereocenters. The van der Waals surface area contributed by atoms with E-state index in [1.807, 2.05) is 0 Å². The summed E-state index contributed by atoms with van der Waals surface area (Å²) in [5.41, 5.74) is 2.85. The molecule has 0 saturated carbocycles. The lowest BCUT2D eigenvalue weighted by atomic mass is 9.75. The average molecular weight is 311 g/mol. The van der Waals surface area contributed by atoms with Crippen molar-refractivity contribution in [2.24, 2.45) is 5.92 Å². The molecule has 2 aliphatic rings. The van der Waals surface area contributed by atoms with Crippen LogP contribution in [0.4, 0.5) is 0 Å². The minimum atomic E-state index is 0.547. The lowest BCUT2D eigenvalue weighted by Gasteiger charge is -2.59. The van der Waals surface area contributed by atoms with E-state index >= 15 is 0 Å². The number of quaternary nitrogens is 1. The molecular formula is C17H25ClNO2+. The molecule has 116 valence electrons. The van der Waals surface area contributed by atoms with E-state index in [4.69, 9.17) is 21.1 Å². The zero-order chi connectivity index (χ0) is 15.0. The van der Waals surface area contributed by atoms with Crippen LogP contribution in [0.25, 0.3) is 0 Å². The van der Waals surface area contributed by atoms with Crippen molar-refractivity contribution < 1.29 is 14.0 Å². The van der Waals surface area contributed by atoms with Crippen LogP contribution >= 0.6 is 11.6 Å². The van der Waals surface area contributed by atoms with Gasteiger partial charge in [0, 0.05) is 17.9 Å². The van der Waals surface area contributed by atoms with E-state index in [1.54, 1.807) is 14.2 Å². The molecule has 1 saturated heterocycles. The van der Waals surface area contributed by atoms with E-state index in [0.29, 0.717) is 12.0 Å². The van der Waals surface area contributed by atoms with E-state index < -0.39 is 0 Å². The summed E-state index contributed by atoms with van der Waals surface area (Å²) in [5, 5.41) is 0. The highest BCUT2D eigenvalue weighted by molar-refractivity contribution is 6.18. The van der Waals surface area contributed by atoms with Gasteiger partial charge in [0.1, 0.15) is 6.04 Å². The maximum absolute atomic E-state index is 6.22. The predicted octanol–water partition coefficient (Wildman–Crippen LogP) is 3.40. The van der Waals surface area contributed by atoms with E-state index in [2.05, 4.69) is 19.1 Å². The van der Waals surface area contributed by atoms with Crippen molar-refractivity contribution in [2.45, 2.75) is 25.8 Å². The van der Waals surface area contributed by atoms with Gasteiger partial charge in [-0.15, -0.1) is 11.6 Å². The van der Waals surface area contributed by atoms with Crippen LogP contribution in [0, 0.1) is 5.92 Å². The number of rotatable bonds is 5. The van der Waals surface area contributed by atoms with Gasteiger partial charge in [-0.05, 0) is 24.1 Å². The highest BCUT2D eigenvalue weighted by atomic mass is 35.5. The number of methoxy groups -OCH3 is 2. The molecule has 1 aromatic carbocycles. The number of benzene rings is 1. The molecule has 2 aliphatic heterocycles. The van der Waals surface area contributed by atoms with Crippen LogP contribution < -0.4 is 9.47 Å². The molecule has 0 bridgehead atoms. The van der Waals surface area contributed by atoms with Gasteiger partial charge >= 0.3 is 0 Å². The van der Waals surface area contributed by atoms with E-state index in [9.17, 15) is 0 Å². The maximum atomic E-state index is 6.22. The number of ether oxygens (including phenoxy) is 2. The lowest BCUT2D eigenvalue weighted by molar-refractivity contribution is -1.01. The molecule has 0 amide bonds.